The molecule has 1 heterocycles. The highest BCUT2D eigenvalue weighted by Gasteiger charge is 2.24. The van der Waals surface area contributed by atoms with Crippen molar-refractivity contribution in [1.82, 2.24) is 10.2 Å². The number of para-hydroxylation sites is 2. The topological polar surface area (TPSA) is 50.8 Å². The van der Waals surface area contributed by atoms with Gasteiger partial charge in [-0.3, -0.25) is 0 Å². The summed E-state index contributed by atoms with van der Waals surface area (Å²) in [6.07, 6.45) is 1.82. The first-order valence-corrected chi connectivity index (χ1v) is 7.07. The molecular weight excluding hydrogens is 256 g/mol. The molecule has 1 aliphatic heterocycles. The van der Waals surface area contributed by atoms with E-state index in [9.17, 15) is 4.79 Å². The van der Waals surface area contributed by atoms with Crippen LogP contribution in [0.15, 0.2) is 24.3 Å². The summed E-state index contributed by atoms with van der Waals surface area (Å²) >= 11 is 0. The Labute approximate surface area is 121 Å². The highest BCUT2D eigenvalue weighted by Crippen LogP contribution is 2.28. The fraction of sp³-hybridized carbons (Fsp3) is 0.533. The van der Waals surface area contributed by atoms with Crippen molar-refractivity contribution in [2.45, 2.75) is 25.9 Å². The first kappa shape index (κ1) is 14.5. The van der Waals surface area contributed by atoms with E-state index in [1.165, 1.54) is 0 Å². The van der Waals surface area contributed by atoms with Crippen LogP contribution in [-0.2, 0) is 0 Å². The monoisotopic (exact) mass is 280 g/mol. The largest absolute Gasteiger partial charge is 0.493 e. The van der Waals surface area contributed by atoms with Crippen molar-refractivity contribution in [2.24, 2.45) is 0 Å². The summed E-state index contributed by atoms with van der Waals surface area (Å²) in [6, 6.07) is 7.67. The zero-order chi connectivity index (χ0) is 14.4. The number of nitrogens with zero attached hydrogens (tertiary/aromatic N) is 1. The molecule has 1 aromatic carbocycles. The lowest BCUT2D eigenvalue weighted by Crippen LogP contribution is -2.46. The van der Waals surface area contributed by atoms with Crippen LogP contribution in [-0.4, -0.2) is 43.8 Å². The standard InChI is InChI=1S/C15H22N2O3.H2/c1-3-16-15(18)17-10-8-12(9-11-17)20-14-7-5-4-6-13(14)19-2;/h4-7,12H,3,8-11H2,1-2H3,(H,16,18);1H. The van der Waals surface area contributed by atoms with E-state index in [1.54, 1.807) is 7.11 Å². The number of hydrogen-bond donors (Lipinski definition) is 1. The first-order chi connectivity index (χ1) is 9.74. The molecule has 0 radical (unpaired) electrons. The van der Waals surface area contributed by atoms with E-state index in [0.29, 0.717) is 6.54 Å². The van der Waals surface area contributed by atoms with Gasteiger partial charge in [-0.15, -0.1) is 0 Å². The Morgan fingerprint density at radius 1 is 1.35 bits per heavy atom. The van der Waals surface area contributed by atoms with Crippen LogP contribution < -0.4 is 14.8 Å². The van der Waals surface area contributed by atoms with Gasteiger partial charge in [-0.05, 0) is 19.1 Å². The Morgan fingerprint density at radius 2 is 2.00 bits per heavy atom. The number of urea groups is 1. The predicted molar refractivity (Wildman–Crippen MR) is 79.4 cm³/mol. The van der Waals surface area contributed by atoms with Gasteiger partial charge >= 0.3 is 6.03 Å². The van der Waals surface area contributed by atoms with Gasteiger partial charge in [-0.2, -0.15) is 0 Å². The van der Waals surface area contributed by atoms with Crippen molar-refractivity contribution in [2.75, 3.05) is 26.7 Å². The minimum atomic E-state index is 0. The van der Waals surface area contributed by atoms with Crippen LogP contribution in [0.25, 0.3) is 0 Å². The number of ether oxygens (including phenoxy) is 2. The van der Waals surface area contributed by atoms with E-state index in [4.69, 9.17) is 9.47 Å². The quantitative estimate of drug-likeness (QED) is 0.922. The lowest BCUT2D eigenvalue weighted by molar-refractivity contribution is 0.108. The van der Waals surface area contributed by atoms with Crippen LogP contribution in [0.4, 0.5) is 4.79 Å². The highest BCUT2D eigenvalue weighted by molar-refractivity contribution is 5.74. The average molecular weight is 280 g/mol. The average Bonchev–Trinajstić information content (AvgIpc) is 2.49. The molecule has 5 nitrogen and oxygen atoms in total. The fourth-order valence-corrected chi connectivity index (χ4v) is 2.34. The van der Waals surface area contributed by atoms with Gasteiger partial charge < -0.3 is 19.7 Å². The van der Waals surface area contributed by atoms with E-state index in [1.807, 2.05) is 36.1 Å². The molecule has 20 heavy (non-hydrogen) atoms. The van der Waals surface area contributed by atoms with Crippen molar-refractivity contribution in [3.05, 3.63) is 24.3 Å². The van der Waals surface area contributed by atoms with Crippen LogP contribution in [0.3, 0.4) is 0 Å². The van der Waals surface area contributed by atoms with Gasteiger partial charge in [0.15, 0.2) is 11.5 Å². The fourth-order valence-electron chi connectivity index (χ4n) is 2.34. The Balaban J connectivity index is 0.00000220. The van der Waals surface area contributed by atoms with E-state index in [2.05, 4.69) is 5.32 Å². The van der Waals surface area contributed by atoms with Crippen LogP contribution >= 0.6 is 0 Å². The normalized spacial score (nSPS) is 15.8. The minimum Gasteiger partial charge on any atom is -0.493 e. The molecule has 0 atom stereocenters. The maximum atomic E-state index is 11.7. The lowest BCUT2D eigenvalue weighted by atomic mass is 10.1. The third kappa shape index (κ3) is 3.56. The number of piperidine rings is 1. The van der Waals surface area contributed by atoms with Crippen molar-refractivity contribution >= 4 is 6.03 Å². The summed E-state index contributed by atoms with van der Waals surface area (Å²) < 4.78 is 11.3. The SMILES string of the molecule is CCNC(=O)N1CCC(Oc2ccccc2OC)CC1.[HH]. The molecular formula is C15H24N2O3. The summed E-state index contributed by atoms with van der Waals surface area (Å²) in [5.74, 6) is 1.52. The van der Waals surface area contributed by atoms with Crippen LogP contribution in [0.1, 0.15) is 21.2 Å². The molecule has 1 aliphatic rings. The zero-order valence-electron chi connectivity index (χ0n) is 12.1. The predicted octanol–water partition coefficient (Wildman–Crippen LogP) is 2.51. The van der Waals surface area contributed by atoms with Crippen molar-refractivity contribution < 1.29 is 15.7 Å². The molecule has 1 saturated heterocycles. The van der Waals surface area contributed by atoms with E-state index in [0.717, 1.165) is 37.4 Å². The van der Waals surface area contributed by atoms with Crippen molar-refractivity contribution in [3.8, 4) is 11.5 Å². The molecule has 112 valence electrons. The van der Waals surface area contributed by atoms with Crippen LogP contribution in [0.2, 0.25) is 0 Å². The summed E-state index contributed by atoms with van der Waals surface area (Å²) in [4.78, 5) is 13.6. The number of amides is 2. The molecule has 2 amide bonds. The summed E-state index contributed by atoms with van der Waals surface area (Å²) in [7, 11) is 1.64. The summed E-state index contributed by atoms with van der Waals surface area (Å²) in [5.41, 5.74) is 0. The number of carbonyl (C=O) groups is 1. The van der Waals surface area contributed by atoms with Gasteiger partial charge in [-0.25, -0.2) is 4.79 Å². The third-order valence-electron chi connectivity index (χ3n) is 3.42. The van der Waals surface area contributed by atoms with Gasteiger partial charge in [0.25, 0.3) is 0 Å². The molecule has 0 saturated carbocycles. The number of likely N-dealkylation sites (tertiary alicyclic amines) is 1. The third-order valence-corrected chi connectivity index (χ3v) is 3.42. The Morgan fingerprint density at radius 3 is 2.60 bits per heavy atom. The van der Waals surface area contributed by atoms with Crippen LogP contribution in [0, 0.1) is 0 Å². The smallest absolute Gasteiger partial charge is 0.317 e. The number of methoxy groups -OCH3 is 1. The maximum Gasteiger partial charge on any atom is 0.317 e. The zero-order valence-corrected chi connectivity index (χ0v) is 12.1. The summed E-state index contributed by atoms with van der Waals surface area (Å²) in [6.45, 7) is 4.04. The molecule has 1 aromatic rings. The molecule has 0 unspecified atom stereocenters. The first-order valence-electron chi connectivity index (χ1n) is 7.07. The van der Waals surface area contributed by atoms with Gasteiger partial charge in [0.2, 0.25) is 0 Å². The Hall–Kier alpha value is -1.91. The lowest BCUT2D eigenvalue weighted by Gasteiger charge is -2.32. The molecule has 0 aromatic heterocycles. The van der Waals surface area contributed by atoms with Gasteiger partial charge in [0.05, 0.1) is 7.11 Å². The Bertz CT molecular complexity index is 448. The number of nitrogens with one attached hydrogen (secondary N) is 1. The van der Waals surface area contributed by atoms with Gasteiger partial charge in [0.1, 0.15) is 6.10 Å². The number of rotatable bonds is 4. The summed E-state index contributed by atoms with van der Waals surface area (Å²) in [5, 5.41) is 2.82. The van der Waals surface area contributed by atoms with Gasteiger partial charge in [-0.1, -0.05) is 12.1 Å². The highest BCUT2D eigenvalue weighted by atomic mass is 16.5. The molecule has 0 aliphatic carbocycles. The van der Waals surface area contributed by atoms with Crippen LogP contribution in [0.5, 0.6) is 11.5 Å². The second-order valence-corrected chi connectivity index (χ2v) is 4.79. The van der Waals surface area contributed by atoms with Crippen molar-refractivity contribution in [1.29, 1.82) is 0 Å². The second kappa shape index (κ2) is 7.03. The van der Waals surface area contributed by atoms with E-state index < -0.39 is 0 Å². The van der Waals surface area contributed by atoms with Crippen molar-refractivity contribution in [3.63, 3.8) is 0 Å². The van der Waals surface area contributed by atoms with E-state index in [-0.39, 0.29) is 13.6 Å². The second-order valence-electron chi connectivity index (χ2n) is 4.79. The molecule has 0 spiro atoms. The number of carbonyl (C=O) groups excluding carboxylic acids is 1. The van der Waals surface area contributed by atoms with Gasteiger partial charge in [0, 0.05) is 33.9 Å². The molecule has 0 bridgehead atoms. The molecule has 1 N–H and O–H groups in total. The molecule has 1 fully saturated rings. The number of hydrogen-bond acceptors (Lipinski definition) is 3. The minimum absolute atomic E-state index is 0. The molecule has 2 rings (SSSR count). The van der Waals surface area contributed by atoms with E-state index >= 15 is 0 Å². The number of benzene rings is 1. The Kier molecular flexibility index (Phi) is 5.09. The molecule has 5 heteroatoms. The maximum absolute atomic E-state index is 11.7.